The van der Waals surface area contributed by atoms with Gasteiger partial charge in [0.2, 0.25) is 0 Å². The van der Waals surface area contributed by atoms with Crippen molar-refractivity contribution in [3.05, 3.63) is 34.9 Å². The van der Waals surface area contributed by atoms with Gasteiger partial charge >= 0.3 is 0 Å². The third-order valence-electron chi connectivity index (χ3n) is 3.54. The molecule has 2 unspecified atom stereocenters. The van der Waals surface area contributed by atoms with E-state index in [1.807, 2.05) is 19.2 Å². The van der Waals surface area contributed by atoms with Crippen molar-refractivity contribution in [1.29, 1.82) is 0 Å². The van der Waals surface area contributed by atoms with Crippen molar-refractivity contribution in [2.75, 3.05) is 7.05 Å². The van der Waals surface area contributed by atoms with Crippen LogP contribution in [0.4, 0.5) is 0 Å². The molecule has 0 aromatic heterocycles. The Morgan fingerprint density at radius 2 is 2.00 bits per heavy atom. The zero-order valence-electron chi connectivity index (χ0n) is 9.55. The van der Waals surface area contributed by atoms with Crippen molar-refractivity contribution >= 4 is 11.6 Å². The molecule has 1 aliphatic carbocycles. The fourth-order valence-corrected chi connectivity index (χ4v) is 2.63. The SMILES string of the molecule is CNC(c1ccccc1Cl)C1CC1(C)C. The molecule has 0 amide bonds. The highest BCUT2D eigenvalue weighted by molar-refractivity contribution is 6.31. The van der Waals surface area contributed by atoms with Crippen molar-refractivity contribution in [3.8, 4) is 0 Å². The minimum atomic E-state index is 0.397. The summed E-state index contributed by atoms with van der Waals surface area (Å²) < 4.78 is 0. The lowest BCUT2D eigenvalue weighted by atomic mass is 9.97. The smallest absolute Gasteiger partial charge is 0.0453 e. The van der Waals surface area contributed by atoms with Gasteiger partial charge in [-0.25, -0.2) is 0 Å². The molecule has 0 bridgehead atoms. The standard InChI is InChI=1S/C13H18ClN/c1-13(2)8-10(13)12(15-3)9-6-4-5-7-11(9)14/h4-7,10,12,15H,8H2,1-3H3. The molecule has 0 heterocycles. The molecular weight excluding hydrogens is 206 g/mol. The van der Waals surface area contributed by atoms with E-state index >= 15 is 0 Å². The van der Waals surface area contributed by atoms with Crippen LogP contribution in [0.15, 0.2) is 24.3 Å². The van der Waals surface area contributed by atoms with E-state index in [9.17, 15) is 0 Å². The molecule has 1 aliphatic rings. The summed E-state index contributed by atoms with van der Waals surface area (Å²) in [4.78, 5) is 0. The van der Waals surface area contributed by atoms with Gasteiger partial charge in [-0.2, -0.15) is 0 Å². The lowest BCUT2D eigenvalue weighted by molar-refractivity contribution is 0.441. The molecular formula is C13H18ClN. The Morgan fingerprint density at radius 1 is 1.40 bits per heavy atom. The summed E-state index contributed by atoms with van der Waals surface area (Å²) in [5.74, 6) is 0.711. The molecule has 0 spiro atoms. The Labute approximate surface area is 96.8 Å². The number of hydrogen-bond acceptors (Lipinski definition) is 1. The van der Waals surface area contributed by atoms with Crippen molar-refractivity contribution < 1.29 is 0 Å². The maximum Gasteiger partial charge on any atom is 0.0453 e. The maximum atomic E-state index is 6.22. The molecule has 1 aromatic rings. The van der Waals surface area contributed by atoms with Gasteiger partial charge in [-0.05, 0) is 36.4 Å². The van der Waals surface area contributed by atoms with E-state index in [1.165, 1.54) is 12.0 Å². The predicted octanol–water partition coefficient (Wildman–Crippen LogP) is 3.65. The van der Waals surface area contributed by atoms with E-state index < -0.39 is 0 Å². The van der Waals surface area contributed by atoms with Gasteiger partial charge in [0.25, 0.3) is 0 Å². The number of rotatable bonds is 3. The summed E-state index contributed by atoms with van der Waals surface area (Å²) in [6.45, 7) is 4.64. The summed E-state index contributed by atoms with van der Waals surface area (Å²) in [6, 6.07) is 8.53. The third kappa shape index (κ3) is 2.04. The Bertz CT molecular complexity index is 359. The zero-order valence-corrected chi connectivity index (χ0v) is 10.3. The first-order valence-corrected chi connectivity index (χ1v) is 5.86. The molecule has 1 saturated carbocycles. The van der Waals surface area contributed by atoms with Gasteiger partial charge in [0.1, 0.15) is 0 Å². The molecule has 1 N–H and O–H groups in total. The van der Waals surface area contributed by atoms with Crippen LogP contribution in [0.5, 0.6) is 0 Å². The van der Waals surface area contributed by atoms with Gasteiger partial charge in [0, 0.05) is 11.1 Å². The van der Waals surface area contributed by atoms with E-state index in [1.54, 1.807) is 0 Å². The Morgan fingerprint density at radius 3 is 2.47 bits per heavy atom. The second-order valence-corrected chi connectivity index (χ2v) is 5.49. The van der Waals surface area contributed by atoms with Gasteiger partial charge in [-0.1, -0.05) is 43.6 Å². The third-order valence-corrected chi connectivity index (χ3v) is 3.89. The zero-order chi connectivity index (χ0) is 11.1. The quantitative estimate of drug-likeness (QED) is 0.825. The largest absolute Gasteiger partial charge is 0.313 e. The van der Waals surface area contributed by atoms with Crippen LogP contribution in [0.25, 0.3) is 0 Å². The van der Waals surface area contributed by atoms with Gasteiger partial charge < -0.3 is 5.32 Å². The highest BCUT2D eigenvalue weighted by Crippen LogP contribution is 2.58. The molecule has 2 heteroatoms. The Kier molecular flexibility index (Phi) is 2.78. The van der Waals surface area contributed by atoms with E-state index in [-0.39, 0.29) is 0 Å². The number of hydrogen-bond donors (Lipinski definition) is 1. The van der Waals surface area contributed by atoms with Crippen LogP contribution in [-0.4, -0.2) is 7.05 Å². The van der Waals surface area contributed by atoms with Crippen molar-refractivity contribution in [2.45, 2.75) is 26.3 Å². The molecule has 1 fully saturated rings. The van der Waals surface area contributed by atoms with Crippen molar-refractivity contribution in [1.82, 2.24) is 5.32 Å². The van der Waals surface area contributed by atoms with Gasteiger partial charge in [-0.15, -0.1) is 0 Å². The maximum absolute atomic E-state index is 6.22. The number of halogens is 1. The van der Waals surface area contributed by atoms with Crippen LogP contribution >= 0.6 is 11.6 Å². The highest BCUT2D eigenvalue weighted by atomic mass is 35.5. The average molecular weight is 224 g/mol. The minimum Gasteiger partial charge on any atom is -0.313 e. The predicted molar refractivity (Wildman–Crippen MR) is 65.1 cm³/mol. The minimum absolute atomic E-state index is 0.397. The molecule has 2 rings (SSSR count). The normalized spacial score (nSPS) is 24.9. The van der Waals surface area contributed by atoms with Crippen LogP contribution in [0.3, 0.4) is 0 Å². The Balaban J connectivity index is 2.25. The van der Waals surface area contributed by atoms with Crippen LogP contribution in [0, 0.1) is 11.3 Å². The summed E-state index contributed by atoms with van der Waals surface area (Å²) in [6.07, 6.45) is 1.28. The van der Waals surface area contributed by atoms with Crippen LogP contribution in [-0.2, 0) is 0 Å². The molecule has 1 nitrogen and oxygen atoms in total. The topological polar surface area (TPSA) is 12.0 Å². The fourth-order valence-electron chi connectivity index (χ4n) is 2.38. The van der Waals surface area contributed by atoms with Gasteiger partial charge in [0.15, 0.2) is 0 Å². The highest BCUT2D eigenvalue weighted by Gasteiger charge is 2.50. The molecule has 1 aromatic carbocycles. The van der Waals surface area contributed by atoms with Crippen LogP contribution < -0.4 is 5.32 Å². The van der Waals surface area contributed by atoms with Gasteiger partial charge in [-0.3, -0.25) is 0 Å². The lowest BCUT2D eigenvalue weighted by Crippen LogP contribution is -2.20. The first-order chi connectivity index (χ1) is 7.06. The molecule has 0 radical (unpaired) electrons. The molecule has 82 valence electrons. The molecule has 0 aliphatic heterocycles. The first-order valence-electron chi connectivity index (χ1n) is 5.48. The van der Waals surface area contributed by atoms with Crippen molar-refractivity contribution in [3.63, 3.8) is 0 Å². The van der Waals surface area contributed by atoms with E-state index in [0.717, 1.165) is 5.02 Å². The van der Waals surface area contributed by atoms with E-state index in [0.29, 0.717) is 17.4 Å². The second-order valence-electron chi connectivity index (χ2n) is 5.09. The van der Waals surface area contributed by atoms with Gasteiger partial charge in [0.05, 0.1) is 0 Å². The number of nitrogens with one attached hydrogen (secondary N) is 1. The molecule has 15 heavy (non-hydrogen) atoms. The summed E-state index contributed by atoms with van der Waals surface area (Å²) >= 11 is 6.22. The van der Waals surface area contributed by atoms with Crippen LogP contribution in [0.1, 0.15) is 31.9 Å². The second kappa shape index (κ2) is 3.80. The first kappa shape index (κ1) is 11.0. The Hall–Kier alpha value is -0.530. The van der Waals surface area contributed by atoms with E-state index in [2.05, 4.69) is 31.3 Å². The summed E-state index contributed by atoms with van der Waals surface area (Å²) in [5.41, 5.74) is 1.70. The van der Waals surface area contributed by atoms with Crippen molar-refractivity contribution in [2.24, 2.45) is 11.3 Å². The average Bonchev–Trinajstić information content (AvgIpc) is 2.80. The summed E-state index contributed by atoms with van der Waals surface area (Å²) in [5, 5.41) is 4.27. The number of benzene rings is 1. The lowest BCUT2D eigenvalue weighted by Gasteiger charge is -2.19. The van der Waals surface area contributed by atoms with E-state index in [4.69, 9.17) is 11.6 Å². The molecule has 0 saturated heterocycles. The summed E-state index contributed by atoms with van der Waals surface area (Å²) in [7, 11) is 2.02. The fraction of sp³-hybridized carbons (Fsp3) is 0.538. The molecule has 2 atom stereocenters. The van der Waals surface area contributed by atoms with Crippen LogP contribution in [0.2, 0.25) is 5.02 Å². The monoisotopic (exact) mass is 223 g/mol.